The number of furan rings is 1. The maximum atomic E-state index is 9.44. The summed E-state index contributed by atoms with van der Waals surface area (Å²) in [5, 5.41) is 11.5. The molecule has 0 radical (unpaired) electrons. The lowest BCUT2D eigenvalue weighted by Crippen LogP contribution is -2.19. The Hall–Kier alpha value is -3.53. The van der Waals surface area contributed by atoms with Crippen LogP contribution in [0.5, 0.6) is 0 Å². The Labute approximate surface area is 145 Å². The van der Waals surface area contributed by atoms with Gasteiger partial charge in [-0.2, -0.15) is 5.26 Å². The maximum Gasteiger partial charge on any atom is 0.151 e. The topological polar surface area (TPSA) is 36.9 Å². The third-order valence-corrected chi connectivity index (χ3v) is 4.40. The molecule has 0 N–H and O–H groups in total. The Bertz CT molecular complexity index is 1220. The SMILES string of the molecule is C=C1/C=C\C(C2=c3oc4ccccc4c3=C=C2)=C/C(C#N)/C=C\C1=C. The van der Waals surface area contributed by atoms with E-state index in [2.05, 4.69) is 25.0 Å². The van der Waals surface area contributed by atoms with Crippen molar-refractivity contribution in [1.29, 1.82) is 5.26 Å². The smallest absolute Gasteiger partial charge is 0.151 e. The number of nitriles is 1. The van der Waals surface area contributed by atoms with Crippen LogP contribution in [0.1, 0.15) is 0 Å². The van der Waals surface area contributed by atoms with Crippen molar-refractivity contribution in [3.05, 3.63) is 101 Å². The molecule has 0 aliphatic heterocycles. The number of para-hydroxylation sites is 1. The fraction of sp³-hybridized carbons (Fsp3) is 0.0435. The molecule has 1 aromatic carbocycles. The van der Waals surface area contributed by atoms with Gasteiger partial charge in [0.2, 0.25) is 0 Å². The number of allylic oxidation sites excluding steroid dienone is 9. The average Bonchev–Trinajstić information content (AvgIpc) is 3.20. The van der Waals surface area contributed by atoms with Crippen molar-refractivity contribution in [2.24, 2.45) is 5.92 Å². The van der Waals surface area contributed by atoms with Crippen LogP contribution in [0.15, 0.2) is 95.0 Å². The van der Waals surface area contributed by atoms with Crippen molar-refractivity contribution in [1.82, 2.24) is 0 Å². The van der Waals surface area contributed by atoms with E-state index in [0.717, 1.165) is 43.9 Å². The van der Waals surface area contributed by atoms with Gasteiger partial charge in [0, 0.05) is 11.0 Å². The lowest BCUT2D eigenvalue weighted by Gasteiger charge is -2.02. The predicted molar refractivity (Wildman–Crippen MR) is 101 cm³/mol. The summed E-state index contributed by atoms with van der Waals surface area (Å²) in [7, 11) is 0. The van der Waals surface area contributed by atoms with Crippen LogP contribution in [-0.2, 0) is 0 Å². The van der Waals surface area contributed by atoms with E-state index in [4.69, 9.17) is 4.42 Å². The number of hydrogen-bond donors (Lipinski definition) is 0. The van der Waals surface area contributed by atoms with E-state index in [-0.39, 0.29) is 5.92 Å². The molecule has 2 aromatic rings. The molecule has 118 valence electrons. The van der Waals surface area contributed by atoms with E-state index < -0.39 is 0 Å². The van der Waals surface area contributed by atoms with Gasteiger partial charge in [-0.05, 0) is 34.9 Å². The van der Waals surface area contributed by atoms with E-state index >= 15 is 0 Å². The molecule has 0 saturated carbocycles. The molecule has 25 heavy (non-hydrogen) atoms. The van der Waals surface area contributed by atoms with Gasteiger partial charge in [0.05, 0.1) is 17.2 Å². The van der Waals surface area contributed by atoms with Gasteiger partial charge in [0.25, 0.3) is 0 Å². The summed E-state index contributed by atoms with van der Waals surface area (Å²) in [4.78, 5) is 0. The first-order chi connectivity index (χ1) is 12.2. The Morgan fingerprint density at radius 3 is 2.72 bits per heavy atom. The van der Waals surface area contributed by atoms with Crippen LogP contribution in [0.4, 0.5) is 0 Å². The fourth-order valence-corrected chi connectivity index (χ4v) is 2.99. The lowest BCUT2D eigenvalue weighted by molar-refractivity contribution is 0.574. The largest absolute Gasteiger partial charge is 0.455 e. The lowest BCUT2D eigenvalue weighted by atomic mass is 10.0. The standard InChI is InChI=1S/C23H15NO/c1-15-7-9-17(14-24)13-18(10-8-16(15)2)19-11-12-21-20-5-3-4-6-22(20)25-23(19)21/h3-11,13,17H,1-2H2/b9-7-,10-8-,18-13+. The van der Waals surface area contributed by atoms with Crippen LogP contribution < -0.4 is 10.6 Å². The molecule has 1 atom stereocenters. The molecule has 0 amide bonds. The Morgan fingerprint density at radius 2 is 1.88 bits per heavy atom. The summed E-state index contributed by atoms with van der Waals surface area (Å²) < 4.78 is 6.05. The second-order valence-corrected chi connectivity index (χ2v) is 6.02. The first kappa shape index (κ1) is 15.0. The van der Waals surface area contributed by atoms with Crippen LogP contribution in [0.2, 0.25) is 0 Å². The minimum Gasteiger partial charge on any atom is -0.455 e. The monoisotopic (exact) mass is 321 g/mol. The summed E-state index contributed by atoms with van der Waals surface area (Å²) >= 11 is 0. The summed E-state index contributed by atoms with van der Waals surface area (Å²) in [6.07, 6.45) is 11.4. The van der Waals surface area contributed by atoms with Crippen molar-refractivity contribution in [3.63, 3.8) is 0 Å². The van der Waals surface area contributed by atoms with Crippen LogP contribution in [0, 0.1) is 17.2 Å². The highest BCUT2D eigenvalue weighted by molar-refractivity contribution is 5.87. The zero-order chi connectivity index (χ0) is 17.4. The van der Waals surface area contributed by atoms with Crippen LogP contribution in [-0.4, -0.2) is 0 Å². The van der Waals surface area contributed by atoms with Gasteiger partial charge in [-0.3, -0.25) is 0 Å². The first-order valence-corrected chi connectivity index (χ1v) is 8.02. The molecule has 1 unspecified atom stereocenters. The van der Waals surface area contributed by atoms with Gasteiger partial charge in [-0.15, -0.1) is 5.73 Å². The average molecular weight is 321 g/mol. The number of rotatable bonds is 1. The number of nitrogens with zero attached hydrogens (tertiary/aromatic N) is 1. The van der Waals surface area contributed by atoms with Crippen molar-refractivity contribution < 1.29 is 4.42 Å². The zero-order valence-electron chi connectivity index (χ0n) is 13.6. The quantitative estimate of drug-likeness (QED) is 0.800. The molecule has 2 heteroatoms. The number of hydrogen-bond acceptors (Lipinski definition) is 2. The third kappa shape index (κ3) is 2.54. The third-order valence-electron chi connectivity index (χ3n) is 4.40. The van der Waals surface area contributed by atoms with E-state index in [1.807, 2.05) is 60.7 Å². The van der Waals surface area contributed by atoms with Crippen molar-refractivity contribution in [2.45, 2.75) is 0 Å². The predicted octanol–water partition coefficient (Wildman–Crippen LogP) is 3.84. The molecular weight excluding hydrogens is 306 g/mol. The van der Waals surface area contributed by atoms with Crippen molar-refractivity contribution in [2.75, 3.05) is 0 Å². The number of fused-ring (bicyclic) bond motifs is 3. The van der Waals surface area contributed by atoms with Crippen LogP contribution in [0.3, 0.4) is 0 Å². The summed E-state index contributed by atoms with van der Waals surface area (Å²) in [6.45, 7) is 8.00. The molecule has 1 heterocycles. The van der Waals surface area contributed by atoms with E-state index in [1.165, 1.54) is 0 Å². The molecule has 1 aromatic heterocycles. The summed E-state index contributed by atoms with van der Waals surface area (Å²) in [5.41, 5.74) is 8.40. The van der Waals surface area contributed by atoms with Crippen molar-refractivity contribution >= 4 is 22.3 Å². The minimum absolute atomic E-state index is 0.350. The highest BCUT2D eigenvalue weighted by Gasteiger charge is 2.14. The van der Waals surface area contributed by atoms with Gasteiger partial charge < -0.3 is 4.42 Å². The fourth-order valence-electron chi connectivity index (χ4n) is 2.99. The van der Waals surface area contributed by atoms with Gasteiger partial charge in [-0.1, -0.05) is 55.7 Å². The molecule has 0 spiro atoms. The Kier molecular flexibility index (Phi) is 3.51. The zero-order valence-corrected chi connectivity index (χ0v) is 13.6. The maximum absolute atomic E-state index is 9.44. The normalized spacial score (nSPS) is 23.7. The molecule has 4 rings (SSSR count). The Balaban J connectivity index is 1.95. The van der Waals surface area contributed by atoms with Gasteiger partial charge >= 0.3 is 0 Å². The van der Waals surface area contributed by atoms with Gasteiger partial charge in [-0.25, -0.2) is 0 Å². The molecule has 2 aliphatic rings. The number of benzene rings is 1. The highest BCUT2D eigenvalue weighted by atomic mass is 16.3. The van der Waals surface area contributed by atoms with Crippen molar-refractivity contribution in [3.8, 4) is 6.07 Å². The molecule has 0 bridgehead atoms. The van der Waals surface area contributed by atoms with Crippen LogP contribution >= 0.6 is 0 Å². The second kappa shape index (κ2) is 5.83. The molecule has 2 aliphatic carbocycles. The minimum atomic E-state index is -0.350. The van der Waals surface area contributed by atoms with Gasteiger partial charge in [0.15, 0.2) is 5.42 Å². The van der Waals surface area contributed by atoms with E-state index in [9.17, 15) is 5.26 Å². The molecular formula is C23H15NO. The van der Waals surface area contributed by atoms with E-state index in [0.29, 0.717) is 0 Å². The highest BCUT2D eigenvalue weighted by Crippen LogP contribution is 2.23. The van der Waals surface area contributed by atoms with Gasteiger partial charge in [0.1, 0.15) is 5.58 Å². The Morgan fingerprint density at radius 1 is 1.08 bits per heavy atom. The second-order valence-electron chi connectivity index (χ2n) is 6.02. The molecule has 0 saturated heterocycles. The van der Waals surface area contributed by atoms with E-state index in [1.54, 1.807) is 0 Å². The van der Waals surface area contributed by atoms with Crippen LogP contribution in [0.25, 0.3) is 22.3 Å². The molecule has 2 nitrogen and oxygen atoms in total. The molecule has 0 fully saturated rings. The first-order valence-electron chi connectivity index (χ1n) is 8.02. The summed E-state index contributed by atoms with van der Waals surface area (Å²) in [5.74, 6) is -0.350. The summed E-state index contributed by atoms with van der Waals surface area (Å²) in [6, 6.07) is 10.2.